The number of hydrogen-bond donors (Lipinski definition) is 1. The molecule has 1 saturated carbocycles. The fraction of sp³-hybridized carbons (Fsp3) is 0.588. The molecule has 102 valence electrons. The minimum atomic E-state index is 0.354. The second-order valence-electron chi connectivity index (χ2n) is 5.97. The van der Waals surface area contributed by atoms with E-state index in [2.05, 4.69) is 11.4 Å². The van der Waals surface area contributed by atoms with Crippen LogP contribution in [0.15, 0.2) is 18.2 Å². The van der Waals surface area contributed by atoms with Gasteiger partial charge in [0.05, 0.1) is 0 Å². The Morgan fingerprint density at radius 3 is 2.89 bits per heavy atom. The molecule has 0 radical (unpaired) electrons. The maximum Gasteiger partial charge on any atom is 0.163 e. The molecule has 0 spiro atoms. The van der Waals surface area contributed by atoms with Crippen LogP contribution in [0.2, 0.25) is 0 Å². The van der Waals surface area contributed by atoms with E-state index in [1.165, 1.54) is 36.9 Å². The first-order chi connectivity index (χ1) is 9.34. The summed E-state index contributed by atoms with van der Waals surface area (Å²) in [5, 5.41) is 3.40. The normalized spacial score (nSPS) is 18.9. The van der Waals surface area contributed by atoms with Crippen LogP contribution >= 0.6 is 0 Å². The van der Waals surface area contributed by atoms with Crippen molar-refractivity contribution in [1.29, 1.82) is 0 Å². The van der Waals surface area contributed by atoms with Gasteiger partial charge in [-0.1, -0.05) is 37.8 Å². The van der Waals surface area contributed by atoms with Gasteiger partial charge in [-0.15, -0.1) is 0 Å². The lowest BCUT2D eigenvalue weighted by Gasteiger charge is -2.20. The van der Waals surface area contributed by atoms with Gasteiger partial charge >= 0.3 is 0 Å². The Bertz CT molecular complexity index is 460. The molecule has 2 heteroatoms. The minimum absolute atomic E-state index is 0.354. The van der Waals surface area contributed by atoms with Crippen LogP contribution in [0, 0.1) is 5.92 Å². The summed E-state index contributed by atoms with van der Waals surface area (Å²) in [6.07, 6.45) is 9.42. The van der Waals surface area contributed by atoms with E-state index in [1.807, 2.05) is 12.1 Å². The van der Waals surface area contributed by atoms with Crippen molar-refractivity contribution >= 4 is 11.5 Å². The van der Waals surface area contributed by atoms with E-state index in [4.69, 9.17) is 0 Å². The Hall–Kier alpha value is -1.31. The van der Waals surface area contributed by atoms with E-state index in [0.29, 0.717) is 5.78 Å². The number of benzene rings is 1. The number of carbonyl (C=O) groups is 1. The molecular weight excluding hydrogens is 234 g/mol. The van der Waals surface area contributed by atoms with E-state index in [0.717, 1.165) is 43.7 Å². The Kier molecular flexibility index (Phi) is 3.86. The van der Waals surface area contributed by atoms with Crippen LogP contribution in [0.1, 0.15) is 60.9 Å². The highest BCUT2D eigenvalue weighted by Crippen LogP contribution is 2.30. The van der Waals surface area contributed by atoms with Gasteiger partial charge in [-0.2, -0.15) is 0 Å². The first-order valence-electron chi connectivity index (χ1n) is 7.73. The Morgan fingerprint density at radius 2 is 2.05 bits per heavy atom. The molecular formula is C17H23NO. The molecule has 1 aliphatic carbocycles. The molecule has 2 aliphatic rings. The zero-order chi connectivity index (χ0) is 13.1. The molecule has 0 bridgehead atoms. The van der Waals surface area contributed by atoms with Gasteiger partial charge in [-0.3, -0.25) is 4.79 Å². The number of anilines is 1. The molecule has 3 rings (SSSR count). The van der Waals surface area contributed by atoms with Crippen molar-refractivity contribution in [2.24, 2.45) is 5.92 Å². The van der Waals surface area contributed by atoms with Crippen molar-refractivity contribution in [3.8, 4) is 0 Å². The number of Topliss-reactive ketones (excluding diaryl/α,β-unsaturated/α-hetero) is 1. The van der Waals surface area contributed by atoms with Gasteiger partial charge in [0, 0.05) is 24.2 Å². The molecule has 2 nitrogen and oxygen atoms in total. The Balaban J connectivity index is 1.68. The maximum atomic E-state index is 12.4. The highest BCUT2D eigenvalue weighted by Gasteiger charge is 2.20. The molecule has 0 unspecified atom stereocenters. The van der Waals surface area contributed by atoms with Gasteiger partial charge in [0.15, 0.2) is 5.78 Å². The summed E-state index contributed by atoms with van der Waals surface area (Å²) in [4.78, 5) is 12.4. The summed E-state index contributed by atoms with van der Waals surface area (Å²) in [5.41, 5.74) is 3.41. The number of hydrogen-bond acceptors (Lipinski definition) is 2. The van der Waals surface area contributed by atoms with Crippen molar-refractivity contribution in [3.63, 3.8) is 0 Å². The van der Waals surface area contributed by atoms with Crippen molar-refractivity contribution in [3.05, 3.63) is 29.3 Å². The van der Waals surface area contributed by atoms with Crippen LogP contribution in [-0.4, -0.2) is 12.3 Å². The molecule has 1 heterocycles. The minimum Gasteiger partial charge on any atom is -0.385 e. The SMILES string of the molecule is O=C(CCC1CCCC1)c1cccc2c1CCCN2. The number of fused-ring (bicyclic) bond motifs is 1. The topological polar surface area (TPSA) is 29.1 Å². The molecule has 1 aromatic rings. The van der Waals surface area contributed by atoms with E-state index in [-0.39, 0.29) is 0 Å². The van der Waals surface area contributed by atoms with E-state index >= 15 is 0 Å². The van der Waals surface area contributed by atoms with Crippen LogP contribution in [0.3, 0.4) is 0 Å². The Labute approximate surface area is 115 Å². The zero-order valence-electron chi connectivity index (χ0n) is 11.6. The van der Waals surface area contributed by atoms with Gasteiger partial charge < -0.3 is 5.32 Å². The van der Waals surface area contributed by atoms with Gasteiger partial charge in [-0.25, -0.2) is 0 Å². The van der Waals surface area contributed by atoms with Gasteiger partial charge in [-0.05, 0) is 36.8 Å². The summed E-state index contributed by atoms with van der Waals surface area (Å²) in [5.74, 6) is 1.16. The molecule has 1 N–H and O–H groups in total. The summed E-state index contributed by atoms with van der Waals surface area (Å²) in [6, 6.07) is 6.13. The monoisotopic (exact) mass is 257 g/mol. The van der Waals surface area contributed by atoms with Crippen LogP contribution in [0.4, 0.5) is 5.69 Å². The second-order valence-corrected chi connectivity index (χ2v) is 5.97. The van der Waals surface area contributed by atoms with Crippen LogP contribution in [0.25, 0.3) is 0 Å². The molecule has 0 saturated heterocycles. The first kappa shape index (κ1) is 12.7. The maximum absolute atomic E-state index is 12.4. The third kappa shape index (κ3) is 2.83. The zero-order valence-corrected chi connectivity index (χ0v) is 11.6. The number of ketones is 1. The molecule has 1 aliphatic heterocycles. The highest BCUT2D eigenvalue weighted by atomic mass is 16.1. The standard InChI is InChI=1S/C17H23NO/c19-17(11-10-13-5-1-2-6-13)15-7-3-9-16-14(15)8-4-12-18-16/h3,7,9,13,18H,1-2,4-6,8,10-12H2. The van der Waals surface area contributed by atoms with E-state index in [1.54, 1.807) is 0 Å². The fourth-order valence-electron chi connectivity index (χ4n) is 3.54. The van der Waals surface area contributed by atoms with Crippen LogP contribution in [0.5, 0.6) is 0 Å². The fourth-order valence-corrected chi connectivity index (χ4v) is 3.54. The largest absolute Gasteiger partial charge is 0.385 e. The van der Waals surface area contributed by atoms with Gasteiger partial charge in [0.2, 0.25) is 0 Å². The number of nitrogens with one attached hydrogen (secondary N) is 1. The molecule has 0 amide bonds. The molecule has 1 aromatic carbocycles. The smallest absolute Gasteiger partial charge is 0.163 e. The highest BCUT2D eigenvalue weighted by molar-refractivity contribution is 5.98. The average molecular weight is 257 g/mol. The molecule has 0 aromatic heterocycles. The average Bonchev–Trinajstić information content (AvgIpc) is 2.97. The lowest BCUT2D eigenvalue weighted by atomic mass is 9.91. The van der Waals surface area contributed by atoms with E-state index < -0.39 is 0 Å². The predicted molar refractivity (Wildman–Crippen MR) is 78.8 cm³/mol. The molecule has 19 heavy (non-hydrogen) atoms. The predicted octanol–water partition coefficient (Wildman–Crippen LogP) is 4.20. The first-order valence-corrected chi connectivity index (χ1v) is 7.73. The number of rotatable bonds is 4. The van der Waals surface area contributed by atoms with Crippen molar-refractivity contribution in [2.75, 3.05) is 11.9 Å². The quantitative estimate of drug-likeness (QED) is 0.819. The summed E-state index contributed by atoms with van der Waals surface area (Å²) < 4.78 is 0. The Morgan fingerprint density at radius 1 is 1.21 bits per heavy atom. The molecule has 1 fully saturated rings. The van der Waals surface area contributed by atoms with Gasteiger partial charge in [0.1, 0.15) is 0 Å². The lowest BCUT2D eigenvalue weighted by molar-refractivity contribution is 0.0973. The molecule has 0 atom stereocenters. The van der Waals surface area contributed by atoms with Crippen molar-refractivity contribution < 1.29 is 4.79 Å². The number of carbonyl (C=O) groups excluding carboxylic acids is 1. The van der Waals surface area contributed by atoms with Crippen molar-refractivity contribution in [1.82, 2.24) is 0 Å². The third-order valence-electron chi connectivity index (χ3n) is 4.65. The lowest BCUT2D eigenvalue weighted by Crippen LogP contribution is -2.15. The second kappa shape index (κ2) is 5.77. The van der Waals surface area contributed by atoms with Crippen molar-refractivity contribution in [2.45, 2.75) is 51.4 Å². The van der Waals surface area contributed by atoms with Crippen LogP contribution in [-0.2, 0) is 6.42 Å². The van der Waals surface area contributed by atoms with Gasteiger partial charge in [0.25, 0.3) is 0 Å². The summed E-state index contributed by atoms with van der Waals surface area (Å²) in [6.45, 7) is 1.03. The third-order valence-corrected chi connectivity index (χ3v) is 4.65. The van der Waals surface area contributed by atoms with E-state index in [9.17, 15) is 4.79 Å². The van der Waals surface area contributed by atoms with Crippen LogP contribution < -0.4 is 5.32 Å². The summed E-state index contributed by atoms with van der Waals surface area (Å²) in [7, 11) is 0. The summed E-state index contributed by atoms with van der Waals surface area (Å²) >= 11 is 0.